The highest BCUT2D eigenvalue weighted by atomic mass is 35.5. The molecule has 116 valence electrons. The summed E-state index contributed by atoms with van der Waals surface area (Å²) >= 11 is 5.61. The largest absolute Gasteiger partial charge is 0.480 e. The highest BCUT2D eigenvalue weighted by Crippen LogP contribution is 2.11. The molecular weight excluding hydrogens is 308 g/mol. The molecule has 2 N–H and O–H groups in total. The standard InChI is InChI=1S/C15H15ClN2O4/c16-13-9-11(22-18-13)6-7-14(19)17-12(15(20)21)8-10-4-2-1-3-5-10/h1-5,9,12H,6-8H2,(H,17,19)(H,20,21)/t12-/m1/s1. The van der Waals surface area contributed by atoms with Crippen LogP contribution in [0.5, 0.6) is 0 Å². The van der Waals surface area contributed by atoms with Gasteiger partial charge in [-0.25, -0.2) is 4.79 Å². The van der Waals surface area contributed by atoms with Crippen LogP contribution in [0.1, 0.15) is 17.7 Å². The van der Waals surface area contributed by atoms with E-state index in [1.54, 1.807) is 0 Å². The number of benzene rings is 1. The van der Waals surface area contributed by atoms with Crippen molar-refractivity contribution in [3.05, 3.63) is 52.9 Å². The van der Waals surface area contributed by atoms with Crippen molar-refractivity contribution in [2.75, 3.05) is 0 Å². The smallest absolute Gasteiger partial charge is 0.326 e. The van der Waals surface area contributed by atoms with Crippen molar-refractivity contribution < 1.29 is 19.2 Å². The SMILES string of the molecule is O=C(CCc1cc(Cl)no1)N[C@H](Cc1ccccc1)C(=O)O. The molecule has 0 aliphatic carbocycles. The summed E-state index contributed by atoms with van der Waals surface area (Å²) in [5.74, 6) is -0.953. The van der Waals surface area contributed by atoms with Crippen molar-refractivity contribution in [3.63, 3.8) is 0 Å². The number of aryl methyl sites for hydroxylation is 1. The van der Waals surface area contributed by atoms with Crippen LogP contribution < -0.4 is 5.32 Å². The second-order valence-corrected chi connectivity index (χ2v) is 5.15. The third-order valence-electron chi connectivity index (χ3n) is 3.04. The van der Waals surface area contributed by atoms with Crippen LogP contribution in [0.2, 0.25) is 5.15 Å². The summed E-state index contributed by atoms with van der Waals surface area (Å²) in [6.07, 6.45) is 0.642. The molecular formula is C15H15ClN2O4. The fraction of sp³-hybridized carbons (Fsp3) is 0.267. The molecule has 0 spiro atoms. The lowest BCUT2D eigenvalue weighted by Gasteiger charge is -2.14. The maximum absolute atomic E-state index is 11.9. The number of rotatable bonds is 7. The van der Waals surface area contributed by atoms with Gasteiger partial charge in [0.1, 0.15) is 11.8 Å². The monoisotopic (exact) mass is 322 g/mol. The summed E-state index contributed by atoms with van der Waals surface area (Å²) < 4.78 is 4.88. The van der Waals surface area contributed by atoms with Crippen molar-refractivity contribution in [3.8, 4) is 0 Å². The lowest BCUT2D eigenvalue weighted by molar-refractivity contribution is -0.141. The number of aromatic nitrogens is 1. The van der Waals surface area contributed by atoms with Gasteiger partial charge in [0.2, 0.25) is 5.91 Å². The normalized spacial score (nSPS) is 11.9. The molecule has 0 fully saturated rings. The van der Waals surface area contributed by atoms with Crippen molar-refractivity contribution in [2.45, 2.75) is 25.3 Å². The predicted molar refractivity (Wildman–Crippen MR) is 79.5 cm³/mol. The van der Waals surface area contributed by atoms with Crippen LogP contribution in [0.4, 0.5) is 0 Å². The van der Waals surface area contributed by atoms with Gasteiger partial charge in [-0.15, -0.1) is 0 Å². The van der Waals surface area contributed by atoms with Crippen LogP contribution in [-0.2, 0) is 22.4 Å². The molecule has 1 heterocycles. The summed E-state index contributed by atoms with van der Waals surface area (Å²) in [6, 6.07) is 9.69. The molecule has 2 aromatic rings. The number of aliphatic carboxylic acids is 1. The number of amides is 1. The summed E-state index contributed by atoms with van der Waals surface area (Å²) in [4.78, 5) is 23.1. The topological polar surface area (TPSA) is 92.4 Å². The fourth-order valence-corrected chi connectivity index (χ4v) is 2.11. The lowest BCUT2D eigenvalue weighted by Crippen LogP contribution is -2.42. The van der Waals surface area contributed by atoms with Crippen molar-refractivity contribution in [2.24, 2.45) is 0 Å². The maximum Gasteiger partial charge on any atom is 0.326 e. The van der Waals surface area contributed by atoms with Crippen molar-refractivity contribution in [1.29, 1.82) is 0 Å². The van der Waals surface area contributed by atoms with Gasteiger partial charge >= 0.3 is 5.97 Å². The summed E-state index contributed by atoms with van der Waals surface area (Å²) in [5, 5.41) is 15.4. The number of hydrogen-bond acceptors (Lipinski definition) is 4. The van der Waals surface area contributed by atoms with E-state index in [4.69, 9.17) is 16.1 Å². The molecule has 1 amide bonds. The molecule has 7 heteroatoms. The Hall–Kier alpha value is -2.34. The van der Waals surface area contributed by atoms with Gasteiger partial charge in [-0.05, 0) is 5.56 Å². The average molecular weight is 323 g/mol. The zero-order valence-corrected chi connectivity index (χ0v) is 12.4. The van der Waals surface area contributed by atoms with E-state index >= 15 is 0 Å². The van der Waals surface area contributed by atoms with E-state index in [1.165, 1.54) is 6.07 Å². The first-order chi connectivity index (χ1) is 10.5. The van der Waals surface area contributed by atoms with E-state index in [9.17, 15) is 14.7 Å². The van der Waals surface area contributed by atoms with Crippen LogP contribution >= 0.6 is 11.6 Å². The van der Waals surface area contributed by atoms with Crippen molar-refractivity contribution >= 4 is 23.5 Å². The summed E-state index contributed by atoms with van der Waals surface area (Å²) in [5.41, 5.74) is 0.845. The van der Waals surface area contributed by atoms with E-state index in [1.807, 2.05) is 30.3 Å². The second-order valence-electron chi connectivity index (χ2n) is 4.76. The number of halogens is 1. The molecule has 0 aliphatic heterocycles. The second kappa shape index (κ2) is 7.61. The molecule has 22 heavy (non-hydrogen) atoms. The van der Waals surface area contributed by atoms with Crippen LogP contribution in [0.15, 0.2) is 40.9 Å². The molecule has 1 aromatic carbocycles. The number of carbonyl (C=O) groups excluding carboxylic acids is 1. The van der Waals surface area contributed by atoms with E-state index < -0.39 is 12.0 Å². The van der Waals surface area contributed by atoms with Gasteiger partial charge in [-0.1, -0.05) is 47.1 Å². The Balaban J connectivity index is 1.87. The Morgan fingerprint density at radius 3 is 2.64 bits per heavy atom. The van der Waals surface area contributed by atoms with Gasteiger partial charge in [0, 0.05) is 25.3 Å². The number of carboxylic acids is 1. The minimum Gasteiger partial charge on any atom is -0.480 e. The molecule has 0 aliphatic rings. The van der Waals surface area contributed by atoms with E-state index in [0.717, 1.165) is 5.56 Å². The molecule has 0 saturated carbocycles. The van der Waals surface area contributed by atoms with E-state index in [-0.39, 0.29) is 23.9 Å². The Bertz CT molecular complexity index is 642. The van der Waals surface area contributed by atoms with Crippen LogP contribution in [0, 0.1) is 0 Å². The van der Waals surface area contributed by atoms with Gasteiger partial charge in [-0.3, -0.25) is 4.79 Å². The number of carboxylic acid groups (broad SMARTS) is 1. The first-order valence-electron chi connectivity index (χ1n) is 6.72. The van der Waals surface area contributed by atoms with Gasteiger partial charge in [0.25, 0.3) is 0 Å². The average Bonchev–Trinajstić information content (AvgIpc) is 2.91. The third kappa shape index (κ3) is 4.89. The van der Waals surface area contributed by atoms with Gasteiger partial charge < -0.3 is 14.9 Å². The highest BCUT2D eigenvalue weighted by molar-refractivity contribution is 6.29. The quantitative estimate of drug-likeness (QED) is 0.814. The Kier molecular flexibility index (Phi) is 5.55. The maximum atomic E-state index is 11.9. The summed E-state index contributed by atoms with van der Waals surface area (Å²) in [6.45, 7) is 0. The third-order valence-corrected chi connectivity index (χ3v) is 3.22. The van der Waals surface area contributed by atoms with E-state index in [2.05, 4.69) is 10.5 Å². The van der Waals surface area contributed by atoms with E-state index in [0.29, 0.717) is 12.2 Å². The number of nitrogens with zero attached hydrogens (tertiary/aromatic N) is 1. The summed E-state index contributed by atoms with van der Waals surface area (Å²) in [7, 11) is 0. The molecule has 0 radical (unpaired) electrons. The Morgan fingerprint density at radius 1 is 1.32 bits per heavy atom. The van der Waals surface area contributed by atoms with Crippen molar-refractivity contribution in [1.82, 2.24) is 10.5 Å². The lowest BCUT2D eigenvalue weighted by atomic mass is 10.1. The molecule has 1 atom stereocenters. The van der Waals surface area contributed by atoms with Crippen LogP contribution in [0.25, 0.3) is 0 Å². The van der Waals surface area contributed by atoms with Gasteiger partial charge in [-0.2, -0.15) is 0 Å². The molecule has 0 bridgehead atoms. The van der Waals surface area contributed by atoms with Crippen LogP contribution in [-0.4, -0.2) is 28.2 Å². The Labute approximate surface area is 132 Å². The predicted octanol–water partition coefficient (Wildman–Crippen LogP) is 2.07. The first kappa shape index (κ1) is 16.0. The number of hydrogen-bond donors (Lipinski definition) is 2. The molecule has 6 nitrogen and oxygen atoms in total. The molecule has 1 aromatic heterocycles. The molecule has 0 unspecified atom stereocenters. The highest BCUT2D eigenvalue weighted by Gasteiger charge is 2.20. The van der Waals surface area contributed by atoms with Crippen LogP contribution in [0.3, 0.4) is 0 Å². The first-order valence-corrected chi connectivity index (χ1v) is 7.09. The van der Waals surface area contributed by atoms with Gasteiger partial charge in [0.05, 0.1) is 0 Å². The minimum absolute atomic E-state index is 0.101. The Morgan fingerprint density at radius 2 is 2.05 bits per heavy atom. The molecule has 2 rings (SSSR count). The zero-order chi connectivity index (χ0) is 15.9. The fourth-order valence-electron chi connectivity index (χ4n) is 1.96. The number of carbonyl (C=O) groups is 2. The number of nitrogens with one attached hydrogen (secondary N) is 1. The van der Waals surface area contributed by atoms with Gasteiger partial charge in [0.15, 0.2) is 5.15 Å². The molecule has 0 saturated heterocycles. The zero-order valence-electron chi connectivity index (χ0n) is 11.7. The minimum atomic E-state index is -1.07.